The lowest BCUT2D eigenvalue weighted by molar-refractivity contribution is 0.262. The molecular formula is C26H21ClN4O4. The van der Waals surface area contributed by atoms with Crippen LogP contribution in [0.15, 0.2) is 72.9 Å². The number of nitriles is 1. The number of anilines is 2. The van der Waals surface area contributed by atoms with Crippen molar-refractivity contribution in [2.24, 2.45) is 0 Å². The van der Waals surface area contributed by atoms with Gasteiger partial charge in [-0.15, -0.1) is 11.6 Å². The van der Waals surface area contributed by atoms with Crippen LogP contribution in [0.1, 0.15) is 5.56 Å². The lowest BCUT2D eigenvalue weighted by Gasteiger charge is -2.12. The minimum absolute atomic E-state index is 0.288. The first kappa shape index (κ1) is 23.7. The van der Waals surface area contributed by atoms with Crippen molar-refractivity contribution in [2.45, 2.75) is 0 Å². The molecule has 3 aromatic carbocycles. The summed E-state index contributed by atoms with van der Waals surface area (Å²) < 4.78 is 16.7. The van der Waals surface area contributed by atoms with Crippen LogP contribution in [0.25, 0.3) is 10.9 Å². The predicted molar refractivity (Wildman–Crippen MR) is 135 cm³/mol. The maximum Gasteiger partial charge on any atom is 0.323 e. The summed E-state index contributed by atoms with van der Waals surface area (Å²) in [6.07, 6.45) is 1.62. The molecule has 9 heteroatoms. The van der Waals surface area contributed by atoms with Crippen LogP contribution >= 0.6 is 11.6 Å². The number of amides is 2. The highest BCUT2D eigenvalue weighted by atomic mass is 35.5. The number of rotatable bonds is 8. The average molecular weight is 489 g/mol. The second kappa shape index (κ2) is 11.1. The Balaban J connectivity index is 1.45. The number of pyridine rings is 1. The molecule has 0 spiro atoms. The van der Waals surface area contributed by atoms with Crippen LogP contribution in [0.3, 0.4) is 0 Å². The molecule has 2 amide bonds. The van der Waals surface area contributed by atoms with Crippen molar-refractivity contribution >= 4 is 39.9 Å². The van der Waals surface area contributed by atoms with Crippen LogP contribution in [0.5, 0.6) is 23.0 Å². The Hall–Kier alpha value is -4.48. The standard InChI is InChI=1S/C26H21ClN4O4/c1-33-20-6-2-18(3-7-20)30-26(32)31-19-4-8-21(9-5-19)35-24-10-12-29-23-15-25(34-13-11-27)17(16-28)14-22(23)24/h2-10,12,14-15H,11,13H2,1H3,(H2,30,31,32). The first-order chi connectivity index (χ1) is 17.1. The number of hydrogen-bond acceptors (Lipinski definition) is 6. The molecule has 8 nitrogen and oxygen atoms in total. The van der Waals surface area contributed by atoms with Crippen LogP contribution in [0.2, 0.25) is 0 Å². The third kappa shape index (κ3) is 5.91. The molecule has 176 valence electrons. The van der Waals surface area contributed by atoms with Gasteiger partial charge in [0.25, 0.3) is 0 Å². The lowest BCUT2D eigenvalue weighted by atomic mass is 10.1. The molecule has 2 N–H and O–H groups in total. The van der Waals surface area contributed by atoms with Crippen molar-refractivity contribution in [2.75, 3.05) is 30.2 Å². The van der Waals surface area contributed by atoms with Gasteiger partial charge >= 0.3 is 6.03 Å². The third-order valence-electron chi connectivity index (χ3n) is 4.95. The van der Waals surface area contributed by atoms with Gasteiger partial charge in [-0.2, -0.15) is 5.26 Å². The second-order valence-corrected chi connectivity index (χ2v) is 7.64. The average Bonchev–Trinajstić information content (AvgIpc) is 2.88. The van der Waals surface area contributed by atoms with Crippen molar-refractivity contribution in [1.82, 2.24) is 4.98 Å². The number of benzene rings is 3. The monoisotopic (exact) mass is 488 g/mol. The molecule has 0 saturated heterocycles. The van der Waals surface area contributed by atoms with Gasteiger partial charge in [-0.3, -0.25) is 4.98 Å². The molecule has 0 fully saturated rings. The number of ether oxygens (including phenoxy) is 3. The molecule has 0 aliphatic carbocycles. The molecule has 1 aromatic heterocycles. The van der Waals surface area contributed by atoms with Gasteiger partial charge in [0.1, 0.15) is 35.7 Å². The molecule has 1 heterocycles. The van der Waals surface area contributed by atoms with Crippen LogP contribution in [-0.2, 0) is 0 Å². The first-order valence-electron chi connectivity index (χ1n) is 10.6. The predicted octanol–water partition coefficient (Wildman–Crippen LogP) is 6.17. The van der Waals surface area contributed by atoms with Crippen LogP contribution in [-0.4, -0.2) is 30.6 Å². The molecule has 0 radical (unpaired) electrons. The number of halogens is 1. The van der Waals surface area contributed by atoms with Crippen molar-refractivity contribution in [3.63, 3.8) is 0 Å². The van der Waals surface area contributed by atoms with Crippen molar-refractivity contribution in [3.8, 4) is 29.1 Å². The summed E-state index contributed by atoms with van der Waals surface area (Å²) in [5.41, 5.74) is 2.22. The molecule has 0 saturated carbocycles. The molecular weight excluding hydrogens is 468 g/mol. The van der Waals surface area contributed by atoms with Gasteiger partial charge in [0.15, 0.2) is 0 Å². The van der Waals surface area contributed by atoms with Crippen molar-refractivity contribution in [1.29, 1.82) is 5.26 Å². The number of hydrogen-bond donors (Lipinski definition) is 2. The van der Waals surface area contributed by atoms with Crippen molar-refractivity contribution < 1.29 is 19.0 Å². The molecule has 0 aliphatic heterocycles. The highest BCUT2D eigenvalue weighted by molar-refractivity contribution is 6.18. The van der Waals surface area contributed by atoms with Crippen LogP contribution < -0.4 is 24.8 Å². The fraction of sp³-hybridized carbons (Fsp3) is 0.115. The maximum atomic E-state index is 12.3. The Morgan fingerprint density at radius 3 is 2.23 bits per heavy atom. The van der Waals surface area contributed by atoms with Crippen molar-refractivity contribution in [3.05, 3.63) is 78.5 Å². The largest absolute Gasteiger partial charge is 0.497 e. The van der Waals surface area contributed by atoms with Gasteiger partial charge in [-0.25, -0.2) is 4.79 Å². The smallest absolute Gasteiger partial charge is 0.323 e. The highest BCUT2D eigenvalue weighted by Crippen LogP contribution is 2.33. The zero-order valence-corrected chi connectivity index (χ0v) is 19.5. The minimum atomic E-state index is -0.375. The van der Waals surface area contributed by atoms with E-state index in [1.165, 1.54) is 0 Å². The number of nitrogens with one attached hydrogen (secondary N) is 2. The Morgan fingerprint density at radius 1 is 0.971 bits per heavy atom. The molecule has 35 heavy (non-hydrogen) atoms. The SMILES string of the molecule is COc1ccc(NC(=O)Nc2ccc(Oc3ccnc4cc(OCCCl)c(C#N)cc34)cc2)cc1. The Labute approximate surface area is 207 Å². The van der Waals surface area contributed by atoms with Gasteiger partial charge in [-0.05, 0) is 60.7 Å². The van der Waals surface area contributed by atoms with E-state index in [4.69, 9.17) is 25.8 Å². The number of fused-ring (bicyclic) bond motifs is 1. The molecule has 0 aliphatic rings. The third-order valence-corrected chi connectivity index (χ3v) is 5.10. The van der Waals surface area contributed by atoms with Crippen LogP contribution in [0.4, 0.5) is 16.2 Å². The number of carbonyl (C=O) groups is 1. The van der Waals surface area contributed by atoms with E-state index >= 15 is 0 Å². The lowest BCUT2D eigenvalue weighted by Crippen LogP contribution is -2.19. The maximum absolute atomic E-state index is 12.3. The van der Waals surface area contributed by atoms with E-state index in [0.29, 0.717) is 56.7 Å². The van der Waals surface area contributed by atoms with Gasteiger partial charge < -0.3 is 24.8 Å². The molecule has 0 bridgehead atoms. The minimum Gasteiger partial charge on any atom is -0.497 e. The topological polar surface area (TPSA) is 106 Å². The zero-order valence-electron chi connectivity index (χ0n) is 18.7. The second-order valence-electron chi connectivity index (χ2n) is 7.26. The molecule has 4 rings (SSSR count). The van der Waals surface area contributed by atoms with E-state index in [1.54, 1.807) is 80.0 Å². The van der Waals surface area contributed by atoms with E-state index in [9.17, 15) is 10.1 Å². The van der Waals surface area contributed by atoms with E-state index in [0.717, 1.165) is 0 Å². The number of methoxy groups -OCH3 is 1. The Kier molecular flexibility index (Phi) is 7.50. The van der Waals surface area contributed by atoms with Gasteiger partial charge in [0.2, 0.25) is 0 Å². The van der Waals surface area contributed by atoms with E-state index in [-0.39, 0.29) is 12.6 Å². The molecule has 0 unspecified atom stereocenters. The quantitative estimate of drug-likeness (QED) is 0.287. The normalized spacial score (nSPS) is 10.3. The number of alkyl halides is 1. The summed E-state index contributed by atoms with van der Waals surface area (Å²) in [5, 5.41) is 15.7. The fourth-order valence-electron chi connectivity index (χ4n) is 3.29. The Morgan fingerprint density at radius 2 is 1.63 bits per heavy atom. The van der Waals surface area contributed by atoms with Gasteiger partial charge in [-0.1, -0.05) is 0 Å². The Bertz CT molecular complexity index is 1370. The summed E-state index contributed by atoms with van der Waals surface area (Å²) >= 11 is 5.69. The van der Waals surface area contributed by atoms with E-state index < -0.39 is 0 Å². The van der Waals surface area contributed by atoms with E-state index in [2.05, 4.69) is 21.7 Å². The summed E-state index contributed by atoms with van der Waals surface area (Å²) in [6.45, 7) is 0.288. The number of nitrogens with zero attached hydrogens (tertiary/aromatic N) is 2. The molecule has 0 atom stereocenters. The zero-order chi connectivity index (χ0) is 24.6. The van der Waals surface area contributed by atoms with E-state index in [1.807, 2.05) is 0 Å². The number of carbonyl (C=O) groups excluding carboxylic acids is 1. The summed E-state index contributed by atoms with van der Waals surface area (Å²) in [6, 6.07) is 20.8. The van der Waals surface area contributed by atoms with Gasteiger partial charge in [0, 0.05) is 29.0 Å². The number of urea groups is 1. The summed E-state index contributed by atoms with van der Waals surface area (Å²) in [7, 11) is 1.58. The summed E-state index contributed by atoms with van der Waals surface area (Å²) in [5.74, 6) is 2.53. The first-order valence-corrected chi connectivity index (χ1v) is 11.1. The highest BCUT2D eigenvalue weighted by Gasteiger charge is 2.12. The fourth-order valence-corrected chi connectivity index (χ4v) is 3.37. The summed E-state index contributed by atoms with van der Waals surface area (Å²) in [4.78, 5) is 16.6. The number of aromatic nitrogens is 1. The molecule has 4 aromatic rings. The van der Waals surface area contributed by atoms with Crippen LogP contribution in [0, 0.1) is 11.3 Å². The van der Waals surface area contributed by atoms with Gasteiger partial charge in [0.05, 0.1) is 24.1 Å².